The molecule has 1 aromatic carbocycles. The van der Waals surface area contributed by atoms with Crippen LogP contribution in [-0.2, 0) is 0 Å². The van der Waals surface area contributed by atoms with Crippen molar-refractivity contribution in [3.8, 4) is 0 Å². The van der Waals surface area contributed by atoms with Crippen LogP contribution in [0.5, 0.6) is 0 Å². The molecule has 0 spiro atoms. The van der Waals surface area contributed by atoms with Crippen LogP contribution >= 0.6 is 11.6 Å². The lowest BCUT2D eigenvalue weighted by molar-refractivity contribution is 0.584. The maximum absolute atomic E-state index is 12.6. The van der Waals surface area contributed by atoms with Gasteiger partial charge >= 0.3 is 0 Å². The summed E-state index contributed by atoms with van der Waals surface area (Å²) in [6.45, 7) is 0.437. The maximum Gasteiger partial charge on any atom is 0.128 e. The minimum absolute atomic E-state index is 0.396. The van der Waals surface area contributed by atoms with Crippen molar-refractivity contribution in [2.24, 2.45) is 0 Å². The first-order valence-corrected chi connectivity index (χ1v) is 4.11. The molecule has 0 aliphatic heterocycles. The van der Waals surface area contributed by atoms with Crippen LogP contribution in [0.25, 0.3) is 0 Å². The van der Waals surface area contributed by atoms with Gasteiger partial charge in [0.25, 0.3) is 0 Å². The van der Waals surface area contributed by atoms with Crippen LogP contribution in [0.4, 0.5) is 14.5 Å². The fraction of sp³-hybridized carbons (Fsp3) is 0.111. The van der Waals surface area contributed by atoms with Crippen LogP contribution in [0.1, 0.15) is 0 Å². The predicted octanol–water partition coefficient (Wildman–Crippen LogP) is 3.13. The van der Waals surface area contributed by atoms with E-state index in [1.54, 1.807) is 6.08 Å². The number of hydrogen-bond acceptors (Lipinski definition) is 1. The Morgan fingerprint density at radius 1 is 1.23 bits per heavy atom. The van der Waals surface area contributed by atoms with E-state index in [9.17, 15) is 8.78 Å². The molecule has 0 aliphatic carbocycles. The minimum Gasteiger partial charge on any atom is -0.381 e. The molecule has 1 N–H and O–H groups in total. The summed E-state index contributed by atoms with van der Waals surface area (Å²) in [5.41, 5.74) is 1.73. The molecule has 70 valence electrons. The van der Waals surface area contributed by atoms with Gasteiger partial charge in [0.1, 0.15) is 11.6 Å². The molecular weight excluding hydrogens is 196 g/mol. The van der Waals surface area contributed by atoms with Crippen LogP contribution in [-0.4, -0.2) is 6.54 Å². The number of rotatable bonds is 3. The first-order valence-electron chi connectivity index (χ1n) is 3.67. The summed E-state index contributed by atoms with van der Waals surface area (Å²) < 4.78 is 25.2. The Morgan fingerprint density at radius 3 is 2.38 bits per heavy atom. The Hall–Kier alpha value is -1.09. The number of anilines is 1. The topological polar surface area (TPSA) is 12.0 Å². The lowest BCUT2D eigenvalue weighted by atomic mass is 10.3. The normalized spacial score (nSPS) is 10.7. The fourth-order valence-electron chi connectivity index (χ4n) is 0.877. The average molecular weight is 204 g/mol. The molecule has 0 saturated carbocycles. The van der Waals surface area contributed by atoms with Crippen molar-refractivity contribution < 1.29 is 8.78 Å². The molecule has 0 amide bonds. The van der Waals surface area contributed by atoms with Crippen molar-refractivity contribution in [3.63, 3.8) is 0 Å². The molecule has 0 heterocycles. The molecule has 0 aliphatic rings. The van der Waals surface area contributed by atoms with E-state index in [2.05, 4.69) is 5.32 Å². The van der Waals surface area contributed by atoms with Gasteiger partial charge < -0.3 is 5.32 Å². The molecule has 0 radical (unpaired) electrons. The summed E-state index contributed by atoms with van der Waals surface area (Å²) in [7, 11) is 0. The second kappa shape index (κ2) is 4.82. The summed E-state index contributed by atoms with van der Waals surface area (Å²) in [4.78, 5) is 0. The molecule has 0 atom stereocenters. The Balaban J connectivity index is 2.66. The molecule has 1 rings (SSSR count). The van der Waals surface area contributed by atoms with Gasteiger partial charge in [0, 0.05) is 23.8 Å². The zero-order valence-corrected chi connectivity index (χ0v) is 7.48. The summed E-state index contributed by atoms with van der Waals surface area (Å²) in [6, 6.07) is 3.25. The van der Waals surface area contributed by atoms with Crippen molar-refractivity contribution >= 4 is 17.3 Å². The highest BCUT2D eigenvalue weighted by Crippen LogP contribution is 2.12. The van der Waals surface area contributed by atoms with Gasteiger partial charge in [-0.3, -0.25) is 0 Å². The third-order valence-corrected chi connectivity index (χ3v) is 1.55. The number of hydrogen-bond donors (Lipinski definition) is 1. The van der Waals surface area contributed by atoms with Crippen LogP contribution in [0.15, 0.2) is 29.8 Å². The first-order chi connectivity index (χ1) is 6.22. The van der Waals surface area contributed by atoms with E-state index < -0.39 is 11.6 Å². The van der Waals surface area contributed by atoms with Gasteiger partial charge in [-0.1, -0.05) is 17.7 Å². The van der Waals surface area contributed by atoms with Gasteiger partial charge in [-0.25, -0.2) is 8.78 Å². The van der Waals surface area contributed by atoms with E-state index in [0.717, 1.165) is 6.07 Å². The molecule has 1 aromatic rings. The van der Waals surface area contributed by atoms with E-state index in [-0.39, 0.29) is 0 Å². The molecule has 0 bridgehead atoms. The highest BCUT2D eigenvalue weighted by atomic mass is 35.5. The molecule has 0 unspecified atom stereocenters. The van der Waals surface area contributed by atoms with Crippen LogP contribution < -0.4 is 5.32 Å². The van der Waals surface area contributed by atoms with Crippen molar-refractivity contribution in [2.75, 3.05) is 11.9 Å². The summed E-state index contributed by atoms with van der Waals surface area (Å²) in [6.07, 6.45) is 1.63. The van der Waals surface area contributed by atoms with Gasteiger partial charge in [-0.15, -0.1) is 0 Å². The molecule has 13 heavy (non-hydrogen) atoms. The first kappa shape index (κ1) is 9.99. The number of nitrogens with one attached hydrogen (secondary N) is 1. The van der Waals surface area contributed by atoms with Crippen molar-refractivity contribution in [3.05, 3.63) is 41.4 Å². The van der Waals surface area contributed by atoms with Crippen LogP contribution in [0.3, 0.4) is 0 Å². The summed E-state index contributed by atoms with van der Waals surface area (Å²) in [5, 5.41) is 2.78. The SMILES string of the molecule is Fc1cc(F)cc(NC/C=C/Cl)c1. The Kier molecular flexibility index (Phi) is 3.71. The molecular formula is C9H8ClF2N. The molecule has 1 nitrogen and oxygen atoms in total. The van der Waals surface area contributed by atoms with E-state index in [4.69, 9.17) is 11.6 Å². The third-order valence-electron chi connectivity index (χ3n) is 1.38. The van der Waals surface area contributed by atoms with Crippen LogP contribution in [0, 0.1) is 11.6 Å². The van der Waals surface area contributed by atoms with Crippen molar-refractivity contribution in [2.45, 2.75) is 0 Å². The second-order valence-corrected chi connectivity index (χ2v) is 2.65. The zero-order chi connectivity index (χ0) is 9.68. The Labute approximate surface area is 80.0 Å². The summed E-state index contributed by atoms with van der Waals surface area (Å²) >= 11 is 5.26. The van der Waals surface area contributed by atoms with E-state index >= 15 is 0 Å². The maximum atomic E-state index is 12.6. The van der Waals surface area contributed by atoms with Gasteiger partial charge in [-0.2, -0.15) is 0 Å². The Morgan fingerprint density at radius 2 is 1.85 bits per heavy atom. The van der Waals surface area contributed by atoms with E-state index in [1.165, 1.54) is 17.7 Å². The highest BCUT2D eigenvalue weighted by Gasteiger charge is 1.98. The average Bonchev–Trinajstić information content (AvgIpc) is 2.03. The predicted molar refractivity (Wildman–Crippen MR) is 49.8 cm³/mol. The quantitative estimate of drug-likeness (QED) is 0.796. The molecule has 0 aromatic heterocycles. The molecule has 0 saturated heterocycles. The smallest absolute Gasteiger partial charge is 0.128 e. The van der Waals surface area contributed by atoms with Crippen LogP contribution in [0.2, 0.25) is 0 Å². The zero-order valence-electron chi connectivity index (χ0n) is 6.73. The van der Waals surface area contributed by atoms with Gasteiger partial charge in [0.2, 0.25) is 0 Å². The monoisotopic (exact) mass is 203 g/mol. The van der Waals surface area contributed by atoms with E-state index in [0.29, 0.717) is 12.2 Å². The fourth-order valence-corrected chi connectivity index (χ4v) is 0.966. The highest BCUT2D eigenvalue weighted by molar-refractivity contribution is 6.25. The number of benzene rings is 1. The van der Waals surface area contributed by atoms with Crippen molar-refractivity contribution in [1.29, 1.82) is 0 Å². The standard InChI is InChI=1S/C9H8ClF2N/c10-2-1-3-13-9-5-7(11)4-8(12)6-9/h1-2,4-6,13H,3H2/b2-1+. The van der Waals surface area contributed by atoms with Gasteiger partial charge in [0.15, 0.2) is 0 Å². The Bertz CT molecular complexity index is 292. The largest absolute Gasteiger partial charge is 0.381 e. The molecule has 0 fully saturated rings. The lowest BCUT2D eigenvalue weighted by Gasteiger charge is -2.02. The third kappa shape index (κ3) is 3.42. The molecule has 4 heteroatoms. The minimum atomic E-state index is -0.600. The van der Waals surface area contributed by atoms with Gasteiger partial charge in [-0.05, 0) is 12.1 Å². The summed E-state index contributed by atoms with van der Waals surface area (Å²) in [5.74, 6) is -1.20. The lowest BCUT2D eigenvalue weighted by Crippen LogP contribution is -1.98. The van der Waals surface area contributed by atoms with Gasteiger partial charge in [0.05, 0.1) is 0 Å². The number of halogens is 3. The second-order valence-electron chi connectivity index (χ2n) is 2.40. The van der Waals surface area contributed by atoms with E-state index in [1.807, 2.05) is 0 Å². The van der Waals surface area contributed by atoms with Crippen molar-refractivity contribution in [1.82, 2.24) is 0 Å².